The third kappa shape index (κ3) is 3.99. The molecule has 0 bridgehead atoms. The molecular weight excluding hydrogens is 491 g/mol. The van der Waals surface area contributed by atoms with Crippen molar-refractivity contribution < 1.29 is 28.2 Å². The molecule has 7 nitrogen and oxygen atoms in total. The minimum atomic E-state index is -3.83. The predicted molar refractivity (Wildman–Crippen MR) is 123 cm³/mol. The van der Waals surface area contributed by atoms with Crippen molar-refractivity contribution >= 4 is 40.9 Å². The van der Waals surface area contributed by atoms with E-state index < -0.39 is 41.7 Å². The maximum absolute atomic E-state index is 16.0. The smallest absolute Gasteiger partial charge is 0.412 e. The second-order valence-electron chi connectivity index (χ2n) is 9.42. The van der Waals surface area contributed by atoms with Crippen molar-refractivity contribution in [3.05, 3.63) is 57.8 Å². The quantitative estimate of drug-likeness (QED) is 0.549. The lowest BCUT2D eigenvalue weighted by Crippen LogP contribution is -2.67. The van der Waals surface area contributed by atoms with Crippen LogP contribution in [0.3, 0.4) is 0 Å². The molecule has 34 heavy (non-hydrogen) atoms. The molecule has 1 spiro atoms. The summed E-state index contributed by atoms with van der Waals surface area (Å²) in [5.41, 5.74) is -2.35. The summed E-state index contributed by atoms with van der Waals surface area (Å²) in [4.78, 5) is 31.5. The van der Waals surface area contributed by atoms with E-state index in [2.05, 4.69) is 4.98 Å². The van der Waals surface area contributed by atoms with Crippen molar-refractivity contribution in [1.82, 2.24) is 9.88 Å². The molecule has 1 fully saturated rings. The summed E-state index contributed by atoms with van der Waals surface area (Å²) < 4.78 is 37.2. The number of amides is 2. The fourth-order valence-corrected chi connectivity index (χ4v) is 4.84. The normalized spacial score (nSPS) is 23.7. The number of aliphatic hydroxyl groups excluding tert-OH is 1. The van der Waals surface area contributed by atoms with Gasteiger partial charge in [-0.2, -0.15) is 0 Å². The molecule has 1 aromatic carbocycles. The van der Waals surface area contributed by atoms with E-state index in [0.717, 1.165) is 0 Å². The van der Waals surface area contributed by atoms with Crippen molar-refractivity contribution in [2.24, 2.45) is 0 Å². The Balaban J connectivity index is 1.75. The lowest BCUT2D eigenvalue weighted by molar-refractivity contribution is -0.229. The van der Waals surface area contributed by atoms with Gasteiger partial charge in [0.2, 0.25) is 0 Å². The molecule has 2 aliphatic heterocycles. The Morgan fingerprint density at radius 1 is 1.21 bits per heavy atom. The highest BCUT2D eigenvalue weighted by Gasteiger charge is 2.68. The molecule has 0 saturated carbocycles. The van der Waals surface area contributed by atoms with Gasteiger partial charge in [0.1, 0.15) is 10.8 Å². The van der Waals surface area contributed by atoms with Crippen LogP contribution in [0, 0.1) is 0 Å². The van der Waals surface area contributed by atoms with Crippen LogP contribution in [0.25, 0.3) is 0 Å². The van der Waals surface area contributed by atoms with Crippen LogP contribution in [0.1, 0.15) is 43.1 Å². The lowest BCUT2D eigenvalue weighted by atomic mass is 9.70. The van der Waals surface area contributed by atoms with Crippen LogP contribution in [0.15, 0.2) is 36.5 Å². The van der Waals surface area contributed by atoms with Gasteiger partial charge in [-0.15, -0.1) is 0 Å². The van der Waals surface area contributed by atoms with Crippen LogP contribution < -0.4 is 4.90 Å². The lowest BCUT2D eigenvalue weighted by Gasteiger charge is -2.48. The molecule has 1 saturated heterocycles. The van der Waals surface area contributed by atoms with Crippen molar-refractivity contribution in [3.63, 3.8) is 0 Å². The van der Waals surface area contributed by atoms with Gasteiger partial charge in [0.15, 0.2) is 6.23 Å². The highest BCUT2D eigenvalue weighted by atomic mass is 35.5. The molecule has 182 valence electrons. The first-order valence-corrected chi connectivity index (χ1v) is 11.3. The van der Waals surface area contributed by atoms with E-state index in [1.165, 1.54) is 41.4 Å². The molecule has 4 rings (SSSR count). The topological polar surface area (TPSA) is 83.0 Å². The third-order valence-electron chi connectivity index (χ3n) is 6.08. The van der Waals surface area contributed by atoms with Crippen molar-refractivity contribution in [3.8, 4) is 0 Å². The van der Waals surface area contributed by atoms with Crippen LogP contribution >= 0.6 is 23.2 Å². The number of anilines is 1. The number of hydrogen-bond donors (Lipinski definition) is 1. The van der Waals surface area contributed by atoms with E-state index >= 15 is 8.78 Å². The van der Waals surface area contributed by atoms with E-state index in [1.807, 2.05) is 0 Å². The Kier molecular flexibility index (Phi) is 6.03. The first-order chi connectivity index (χ1) is 15.8. The van der Waals surface area contributed by atoms with E-state index in [4.69, 9.17) is 27.9 Å². The first-order valence-electron chi connectivity index (χ1n) is 10.6. The van der Waals surface area contributed by atoms with Gasteiger partial charge in [-0.25, -0.2) is 18.6 Å². The van der Waals surface area contributed by atoms with Gasteiger partial charge in [-0.3, -0.25) is 9.69 Å². The van der Waals surface area contributed by atoms with Crippen LogP contribution in [-0.2, 0) is 10.2 Å². The summed E-state index contributed by atoms with van der Waals surface area (Å²) in [5, 5.41) is 11.0. The van der Waals surface area contributed by atoms with E-state index in [1.54, 1.807) is 20.8 Å². The maximum atomic E-state index is 16.0. The zero-order valence-electron chi connectivity index (χ0n) is 18.7. The van der Waals surface area contributed by atoms with Crippen molar-refractivity contribution in [1.29, 1.82) is 0 Å². The van der Waals surface area contributed by atoms with E-state index in [-0.39, 0.29) is 40.0 Å². The zero-order valence-corrected chi connectivity index (χ0v) is 20.2. The number of piperidine rings is 1. The number of fused-ring (bicyclic) bond motifs is 2. The summed E-state index contributed by atoms with van der Waals surface area (Å²) in [5.74, 6) is -4.38. The molecule has 2 unspecified atom stereocenters. The zero-order chi connectivity index (χ0) is 25.1. The second-order valence-corrected chi connectivity index (χ2v) is 10.2. The molecule has 0 radical (unpaired) electrons. The molecule has 1 N–H and O–H groups in total. The number of nitrogens with zero attached hydrogens (tertiary/aromatic N) is 3. The Morgan fingerprint density at radius 3 is 2.56 bits per heavy atom. The summed E-state index contributed by atoms with van der Waals surface area (Å²) in [7, 11) is 0. The highest BCUT2D eigenvalue weighted by Crippen LogP contribution is 2.56. The number of ether oxygens (including phenoxy) is 1. The van der Waals surface area contributed by atoms with E-state index in [0.29, 0.717) is 4.90 Å². The highest BCUT2D eigenvalue weighted by molar-refractivity contribution is 6.31. The molecule has 11 heteroatoms. The van der Waals surface area contributed by atoms with Gasteiger partial charge >= 0.3 is 12.0 Å². The number of rotatable bonds is 1. The Morgan fingerprint density at radius 2 is 1.91 bits per heavy atom. The number of aliphatic hydroxyl groups is 1. The number of aromatic nitrogens is 1. The standard InChI is InChI=1S/C23H23Cl2F2N3O4/c1-21(2,3)34-20(33)29-9-7-22(23(26,27)19(29)32)12-30(16-5-4-14(24)11-15(16)22)18(31)13-6-8-28-17(25)10-13/h4-6,8,10-11,19,32H,7,9,12H2,1-3H3. The number of benzene rings is 1. The third-order valence-corrected chi connectivity index (χ3v) is 6.52. The average molecular weight is 514 g/mol. The fourth-order valence-electron chi connectivity index (χ4n) is 4.49. The Labute approximate surface area is 205 Å². The first kappa shape index (κ1) is 24.6. The number of halogens is 4. The van der Waals surface area contributed by atoms with Gasteiger partial charge in [0.25, 0.3) is 5.91 Å². The SMILES string of the molecule is CC(C)(C)OC(=O)N1CCC2(CN(C(=O)c3ccnc(Cl)c3)c3ccc(Cl)cc32)C(F)(F)C1O. The summed E-state index contributed by atoms with van der Waals surface area (Å²) >= 11 is 12.1. The summed E-state index contributed by atoms with van der Waals surface area (Å²) in [6, 6.07) is 7.17. The molecule has 2 aliphatic rings. The van der Waals surface area contributed by atoms with Gasteiger partial charge in [0.05, 0.1) is 5.41 Å². The second kappa shape index (κ2) is 8.32. The van der Waals surface area contributed by atoms with Gasteiger partial charge in [-0.1, -0.05) is 23.2 Å². The molecule has 2 amide bonds. The number of alkyl halides is 2. The van der Waals surface area contributed by atoms with Crippen molar-refractivity contribution in [2.75, 3.05) is 18.0 Å². The van der Waals surface area contributed by atoms with Crippen molar-refractivity contribution in [2.45, 2.75) is 50.4 Å². The fraction of sp³-hybridized carbons (Fsp3) is 0.435. The Hall–Kier alpha value is -2.49. The predicted octanol–water partition coefficient (Wildman–Crippen LogP) is 4.88. The molecular formula is C23H23Cl2F2N3O4. The summed E-state index contributed by atoms with van der Waals surface area (Å²) in [6.07, 6.45) is -2.39. The van der Waals surface area contributed by atoms with E-state index in [9.17, 15) is 14.7 Å². The minimum Gasteiger partial charge on any atom is -0.444 e. The maximum Gasteiger partial charge on any atom is 0.412 e. The van der Waals surface area contributed by atoms with Crippen LogP contribution in [-0.4, -0.2) is 57.8 Å². The number of carbonyl (C=O) groups is 2. The van der Waals surface area contributed by atoms with Gasteiger partial charge in [0, 0.05) is 35.6 Å². The Bertz CT molecular complexity index is 1160. The molecule has 3 heterocycles. The van der Waals surface area contributed by atoms with Crippen LogP contribution in [0.5, 0.6) is 0 Å². The molecule has 1 aromatic heterocycles. The largest absolute Gasteiger partial charge is 0.444 e. The minimum absolute atomic E-state index is 0.0857. The number of likely N-dealkylation sites (tertiary alicyclic amines) is 1. The number of pyridine rings is 1. The summed E-state index contributed by atoms with van der Waals surface area (Å²) in [6.45, 7) is 4.18. The molecule has 2 atom stereocenters. The average Bonchev–Trinajstić information content (AvgIpc) is 3.06. The number of hydrogen-bond acceptors (Lipinski definition) is 5. The molecule has 0 aliphatic carbocycles. The van der Waals surface area contributed by atoms with Crippen LogP contribution in [0.2, 0.25) is 10.2 Å². The molecule has 2 aromatic rings. The van der Waals surface area contributed by atoms with Crippen LogP contribution in [0.4, 0.5) is 19.3 Å². The van der Waals surface area contributed by atoms with Gasteiger partial charge in [-0.05, 0) is 63.1 Å². The number of carbonyl (C=O) groups excluding carboxylic acids is 2. The monoisotopic (exact) mass is 513 g/mol. The van der Waals surface area contributed by atoms with Gasteiger partial charge < -0.3 is 14.7 Å².